The smallest absolute Gasteiger partial charge is 0.146 e. The molecule has 0 saturated heterocycles. The molecule has 0 unspecified atom stereocenters. The zero-order valence-corrected chi connectivity index (χ0v) is 10.5. The van der Waals surface area contributed by atoms with Gasteiger partial charge in [0, 0.05) is 19.2 Å². The summed E-state index contributed by atoms with van der Waals surface area (Å²) in [6, 6.07) is 4.80. The monoisotopic (exact) mass is 237 g/mol. The Morgan fingerprint density at radius 2 is 2.24 bits per heavy atom. The quantitative estimate of drug-likeness (QED) is 0.606. The molecule has 1 rings (SSSR count). The minimum Gasteiger partial charge on any atom is -0.389 e. The average molecular weight is 237 g/mol. The predicted octanol–water partition coefficient (Wildman–Crippen LogP) is 3.28. The Hall–Kier alpha value is -1.35. The molecule has 0 aliphatic rings. The molecule has 2 nitrogen and oxygen atoms in total. The van der Waals surface area contributed by atoms with Gasteiger partial charge >= 0.3 is 0 Å². The molecule has 0 aromatic heterocycles. The Labute approximate surface area is 102 Å². The normalized spacial score (nSPS) is 12.2. The van der Waals surface area contributed by atoms with Crippen molar-refractivity contribution in [2.24, 2.45) is 0 Å². The van der Waals surface area contributed by atoms with Crippen LogP contribution in [0.2, 0.25) is 0 Å². The molecule has 17 heavy (non-hydrogen) atoms. The highest BCUT2D eigenvalue weighted by molar-refractivity contribution is 5.55. The number of nitrogens with zero attached hydrogens (tertiary/aromatic N) is 1. The summed E-state index contributed by atoms with van der Waals surface area (Å²) in [7, 11) is 1.84. The summed E-state index contributed by atoms with van der Waals surface area (Å²) in [5.41, 5.74) is 1.12. The number of unbranched alkanes of at least 4 members (excludes halogenated alkanes) is 1. The first-order valence-corrected chi connectivity index (χ1v) is 5.86. The lowest BCUT2D eigenvalue weighted by Crippen LogP contribution is -2.21. The third-order valence-electron chi connectivity index (χ3n) is 2.75. The number of allylic oxidation sites excluding steroid dienone is 1. The third-order valence-corrected chi connectivity index (χ3v) is 2.75. The Morgan fingerprint density at radius 1 is 1.53 bits per heavy atom. The van der Waals surface area contributed by atoms with Gasteiger partial charge in [-0.3, -0.25) is 0 Å². The van der Waals surface area contributed by atoms with E-state index in [2.05, 4.69) is 6.58 Å². The van der Waals surface area contributed by atoms with E-state index in [1.807, 2.05) is 18.0 Å². The first-order valence-electron chi connectivity index (χ1n) is 5.86. The van der Waals surface area contributed by atoms with Gasteiger partial charge in [-0.25, -0.2) is 4.39 Å². The van der Waals surface area contributed by atoms with Crippen LogP contribution in [-0.4, -0.2) is 18.7 Å². The van der Waals surface area contributed by atoms with E-state index in [9.17, 15) is 9.50 Å². The molecule has 0 radical (unpaired) electrons. The lowest BCUT2D eigenvalue weighted by atomic mass is 10.1. The number of benzene rings is 1. The summed E-state index contributed by atoms with van der Waals surface area (Å²) in [6.45, 7) is 6.05. The second-order valence-corrected chi connectivity index (χ2v) is 4.21. The molecular formula is C14H20FNO. The third kappa shape index (κ3) is 3.56. The fourth-order valence-corrected chi connectivity index (χ4v) is 1.86. The molecule has 0 bridgehead atoms. The molecule has 0 amide bonds. The van der Waals surface area contributed by atoms with Gasteiger partial charge in [-0.2, -0.15) is 0 Å². The molecule has 0 fully saturated rings. The first-order chi connectivity index (χ1) is 8.07. The van der Waals surface area contributed by atoms with Gasteiger partial charge in [0.15, 0.2) is 0 Å². The highest BCUT2D eigenvalue weighted by Gasteiger charge is 2.15. The molecule has 94 valence electrons. The van der Waals surface area contributed by atoms with E-state index in [0.717, 1.165) is 19.4 Å². The maximum Gasteiger partial charge on any atom is 0.146 e. The highest BCUT2D eigenvalue weighted by Crippen LogP contribution is 2.28. The van der Waals surface area contributed by atoms with Gasteiger partial charge in [0.05, 0.1) is 11.8 Å². The van der Waals surface area contributed by atoms with Crippen LogP contribution in [0.3, 0.4) is 0 Å². The maximum atomic E-state index is 13.8. The fraction of sp³-hybridized carbons (Fsp3) is 0.429. The second-order valence-electron chi connectivity index (χ2n) is 4.21. The summed E-state index contributed by atoms with van der Waals surface area (Å²) >= 11 is 0. The Morgan fingerprint density at radius 3 is 2.82 bits per heavy atom. The molecular weight excluding hydrogens is 217 g/mol. The second kappa shape index (κ2) is 6.40. The minimum atomic E-state index is -0.664. The molecule has 1 aromatic carbocycles. The number of para-hydroxylation sites is 1. The van der Waals surface area contributed by atoms with Gasteiger partial charge < -0.3 is 10.0 Å². The van der Waals surface area contributed by atoms with Crippen molar-refractivity contribution in [3.05, 3.63) is 42.2 Å². The van der Waals surface area contributed by atoms with Crippen LogP contribution >= 0.6 is 0 Å². The average Bonchev–Trinajstić information content (AvgIpc) is 2.28. The molecule has 0 aliphatic heterocycles. The van der Waals surface area contributed by atoms with E-state index in [1.54, 1.807) is 19.1 Å². The largest absolute Gasteiger partial charge is 0.389 e. The summed E-state index contributed by atoms with van der Waals surface area (Å²) in [4.78, 5) is 1.85. The van der Waals surface area contributed by atoms with Crippen molar-refractivity contribution in [1.82, 2.24) is 0 Å². The molecule has 0 aliphatic carbocycles. The SMILES string of the molecule is C=CCCCN(C)c1c(F)cccc1[C@H](C)O. The fourth-order valence-electron chi connectivity index (χ4n) is 1.86. The van der Waals surface area contributed by atoms with Crippen molar-refractivity contribution in [3.8, 4) is 0 Å². The van der Waals surface area contributed by atoms with Crippen molar-refractivity contribution < 1.29 is 9.50 Å². The predicted molar refractivity (Wildman–Crippen MR) is 69.7 cm³/mol. The number of aliphatic hydroxyl groups excluding tert-OH is 1. The number of rotatable bonds is 6. The van der Waals surface area contributed by atoms with Gasteiger partial charge in [-0.05, 0) is 25.8 Å². The zero-order chi connectivity index (χ0) is 12.8. The summed E-state index contributed by atoms with van der Waals surface area (Å²) < 4.78 is 13.8. The molecule has 1 atom stereocenters. The van der Waals surface area contributed by atoms with Crippen LogP contribution in [0.1, 0.15) is 31.4 Å². The number of halogens is 1. The van der Waals surface area contributed by atoms with Crippen LogP contribution in [0.25, 0.3) is 0 Å². The number of anilines is 1. The molecule has 1 N–H and O–H groups in total. The highest BCUT2D eigenvalue weighted by atomic mass is 19.1. The Bertz CT molecular complexity index is 376. The van der Waals surface area contributed by atoms with Crippen molar-refractivity contribution in [2.45, 2.75) is 25.9 Å². The Kier molecular flexibility index (Phi) is 5.16. The van der Waals surface area contributed by atoms with Crippen LogP contribution in [0, 0.1) is 5.82 Å². The molecule has 0 spiro atoms. The molecule has 3 heteroatoms. The van der Waals surface area contributed by atoms with Crippen molar-refractivity contribution >= 4 is 5.69 Å². The summed E-state index contributed by atoms with van der Waals surface area (Å²) in [5, 5.41) is 9.64. The van der Waals surface area contributed by atoms with E-state index in [-0.39, 0.29) is 5.82 Å². The molecule has 0 heterocycles. The van der Waals surface area contributed by atoms with E-state index < -0.39 is 6.10 Å². The number of aliphatic hydroxyl groups is 1. The van der Waals surface area contributed by atoms with Gasteiger partial charge in [-0.15, -0.1) is 6.58 Å². The zero-order valence-electron chi connectivity index (χ0n) is 10.5. The standard InChI is InChI=1S/C14H20FNO/c1-4-5-6-10-16(3)14-12(11(2)17)8-7-9-13(14)15/h4,7-9,11,17H,1,5-6,10H2,2-3H3/t11-/m0/s1. The van der Waals surface area contributed by atoms with Crippen molar-refractivity contribution in [2.75, 3.05) is 18.5 Å². The summed E-state index contributed by atoms with van der Waals surface area (Å²) in [5.74, 6) is -0.287. The van der Waals surface area contributed by atoms with Crippen LogP contribution in [0.15, 0.2) is 30.9 Å². The lowest BCUT2D eigenvalue weighted by Gasteiger charge is -2.24. The van der Waals surface area contributed by atoms with Crippen LogP contribution < -0.4 is 4.90 Å². The summed E-state index contributed by atoms with van der Waals surface area (Å²) in [6.07, 6.45) is 3.02. The number of hydrogen-bond donors (Lipinski definition) is 1. The van der Waals surface area contributed by atoms with E-state index in [0.29, 0.717) is 11.3 Å². The minimum absolute atomic E-state index is 0.287. The Balaban J connectivity index is 2.90. The van der Waals surface area contributed by atoms with E-state index in [1.165, 1.54) is 6.07 Å². The molecule has 1 aromatic rings. The van der Waals surface area contributed by atoms with E-state index in [4.69, 9.17) is 0 Å². The van der Waals surface area contributed by atoms with Crippen LogP contribution in [0.4, 0.5) is 10.1 Å². The molecule has 0 saturated carbocycles. The van der Waals surface area contributed by atoms with Crippen LogP contribution in [-0.2, 0) is 0 Å². The van der Waals surface area contributed by atoms with Gasteiger partial charge in [-0.1, -0.05) is 18.2 Å². The van der Waals surface area contributed by atoms with Crippen LogP contribution in [0.5, 0.6) is 0 Å². The van der Waals surface area contributed by atoms with Gasteiger partial charge in [0.2, 0.25) is 0 Å². The maximum absolute atomic E-state index is 13.8. The first kappa shape index (κ1) is 13.7. The van der Waals surface area contributed by atoms with Gasteiger partial charge in [0.1, 0.15) is 5.82 Å². The van der Waals surface area contributed by atoms with E-state index >= 15 is 0 Å². The number of hydrogen-bond acceptors (Lipinski definition) is 2. The van der Waals surface area contributed by atoms with Crippen molar-refractivity contribution in [3.63, 3.8) is 0 Å². The van der Waals surface area contributed by atoms with Gasteiger partial charge in [0.25, 0.3) is 0 Å². The lowest BCUT2D eigenvalue weighted by molar-refractivity contribution is 0.199. The van der Waals surface area contributed by atoms with Crippen molar-refractivity contribution in [1.29, 1.82) is 0 Å². The topological polar surface area (TPSA) is 23.5 Å².